The first-order chi connectivity index (χ1) is 13.7. The van der Waals surface area contributed by atoms with E-state index in [0.29, 0.717) is 17.9 Å². The Hall–Kier alpha value is -3.29. The Bertz CT molecular complexity index is 884. The highest BCUT2D eigenvalue weighted by atomic mass is 16.6. The fourth-order valence-corrected chi connectivity index (χ4v) is 3.25. The van der Waals surface area contributed by atoms with Crippen molar-refractivity contribution >= 4 is 17.9 Å². The molecule has 1 aromatic heterocycles. The molecule has 0 aliphatic carbocycles. The second kappa shape index (κ2) is 7.98. The van der Waals surface area contributed by atoms with E-state index in [9.17, 15) is 14.4 Å². The maximum absolute atomic E-state index is 12.7. The van der Waals surface area contributed by atoms with Gasteiger partial charge in [0.2, 0.25) is 12.0 Å². The number of hydrogen-bond acceptors (Lipinski definition) is 5. The molecule has 2 heterocycles. The molecule has 1 saturated heterocycles. The van der Waals surface area contributed by atoms with E-state index >= 15 is 0 Å². The molecule has 0 spiro atoms. The number of nitrogens with two attached hydrogens (primary N) is 1. The number of carbonyl (C=O) groups is 3. The number of hydrogen-bond donors (Lipinski definition) is 2. The van der Waals surface area contributed by atoms with Crippen molar-refractivity contribution in [1.82, 2.24) is 10.2 Å². The quantitative estimate of drug-likeness (QED) is 0.725. The van der Waals surface area contributed by atoms with Crippen molar-refractivity contribution in [2.45, 2.75) is 39.5 Å². The lowest BCUT2D eigenvalue weighted by atomic mass is 9.86. The number of primary amides is 1. The molecule has 0 saturated carbocycles. The molecule has 8 heteroatoms. The summed E-state index contributed by atoms with van der Waals surface area (Å²) in [4.78, 5) is 37.9. The van der Waals surface area contributed by atoms with Crippen molar-refractivity contribution in [3.05, 3.63) is 59.5 Å². The van der Waals surface area contributed by atoms with Crippen LogP contribution < -0.4 is 11.1 Å². The number of nitrogens with one attached hydrogen (secondary N) is 1. The van der Waals surface area contributed by atoms with Gasteiger partial charge in [0.05, 0.1) is 12.8 Å². The number of nitrogens with zero attached hydrogens (tertiary/aromatic N) is 1. The summed E-state index contributed by atoms with van der Waals surface area (Å²) in [5.74, 6) is -0.204. The molecule has 2 aromatic rings. The van der Waals surface area contributed by atoms with Crippen molar-refractivity contribution < 1.29 is 23.5 Å². The zero-order chi connectivity index (χ0) is 21.2. The number of benzene rings is 1. The molecule has 3 rings (SSSR count). The summed E-state index contributed by atoms with van der Waals surface area (Å²) < 4.78 is 10.6. The zero-order valence-electron chi connectivity index (χ0n) is 16.7. The van der Waals surface area contributed by atoms with Gasteiger partial charge in [-0.2, -0.15) is 0 Å². The summed E-state index contributed by atoms with van der Waals surface area (Å²) in [6, 6.07) is 9.66. The van der Waals surface area contributed by atoms with Gasteiger partial charge < -0.3 is 25.1 Å². The second-order valence-electron chi connectivity index (χ2n) is 8.22. The highest BCUT2D eigenvalue weighted by Gasteiger charge is 2.51. The smallest absolute Gasteiger partial charge is 0.408 e. The van der Waals surface area contributed by atoms with Crippen LogP contribution in [0.2, 0.25) is 0 Å². The Balaban J connectivity index is 1.74. The molecule has 3 amide bonds. The van der Waals surface area contributed by atoms with Crippen LogP contribution in [-0.2, 0) is 16.1 Å². The lowest BCUT2D eigenvalue weighted by Gasteiger charge is -2.48. The Morgan fingerprint density at radius 3 is 2.45 bits per heavy atom. The van der Waals surface area contributed by atoms with Gasteiger partial charge in [-0.3, -0.25) is 9.59 Å². The summed E-state index contributed by atoms with van der Waals surface area (Å²) in [5, 5.41) is 2.58. The summed E-state index contributed by atoms with van der Waals surface area (Å²) in [6.07, 6.45) is -0.129. The van der Waals surface area contributed by atoms with Gasteiger partial charge in [0.25, 0.3) is 5.91 Å². The third-order valence-corrected chi connectivity index (χ3v) is 4.55. The molecular weight excluding hydrogens is 374 g/mol. The highest BCUT2D eigenvalue weighted by molar-refractivity contribution is 5.93. The third kappa shape index (κ3) is 4.77. The molecule has 0 unspecified atom stereocenters. The Morgan fingerprint density at radius 1 is 1.21 bits per heavy atom. The maximum atomic E-state index is 12.7. The standard InChI is InChI=1S/C21H25N3O5/c1-21(2,3)12-24-16(13-6-8-14(9-7-13)18(22)25)17(19(24)26)29-20(27)23-11-15-5-4-10-28-15/h4-10,16-17H,11-12H2,1-3H3,(H2,22,25)(H,23,27)/t16-,17+/m1/s1. The Kier molecular flexibility index (Phi) is 5.63. The molecule has 154 valence electrons. The molecule has 0 bridgehead atoms. The van der Waals surface area contributed by atoms with Crippen LogP contribution >= 0.6 is 0 Å². The predicted octanol–water partition coefficient (Wildman–Crippen LogP) is 2.60. The SMILES string of the molecule is CC(C)(C)CN1C(=O)[C@@H](OC(=O)NCc2ccco2)[C@H]1c1ccc(C(N)=O)cc1. The van der Waals surface area contributed by atoms with Gasteiger partial charge in [0.15, 0.2) is 0 Å². The van der Waals surface area contributed by atoms with Crippen LogP contribution in [0, 0.1) is 5.41 Å². The number of furan rings is 1. The predicted molar refractivity (Wildman–Crippen MR) is 105 cm³/mol. The van der Waals surface area contributed by atoms with Gasteiger partial charge in [-0.1, -0.05) is 32.9 Å². The zero-order valence-corrected chi connectivity index (χ0v) is 16.7. The van der Waals surface area contributed by atoms with Crippen LogP contribution in [-0.4, -0.2) is 35.5 Å². The van der Waals surface area contributed by atoms with Crippen molar-refractivity contribution in [3.63, 3.8) is 0 Å². The van der Waals surface area contributed by atoms with Crippen LogP contribution in [0.1, 0.15) is 48.5 Å². The molecule has 1 aliphatic heterocycles. The van der Waals surface area contributed by atoms with Gasteiger partial charge in [-0.25, -0.2) is 4.79 Å². The number of alkyl carbamates (subject to hydrolysis) is 1. The second-order valence-corrected chi connectivity index (χ2v) is 8.22. The number of β-lactam (4-membered cyclic amide) rings is 1. The summed E-state index contributed by atoms with van der Waals surface area (Å²) in [5.41, 5.74) is 6.30. The minimum atomic E-state index is -0.937. The highest BCUT2D eigenvalue weighted by Crippen LogP contribution is 2.39. The van der Waals surface area contributed by atoms with E-state index in [-0.39, 0.29) is 17.9 Å². The molecule has 1 fully saturated rings. The van der Waals surface area contributed by atoms with E-state index in [1.807, 2.05) is 20.8 Å². The van der Waals surface area contributed by atoms with E-state index < -0.39 is 24.1 Å². The summed E-state index contributed by atoms with van der Waals surface area (Å²) in [6.45, 7) is 6.74. The number of likely N-dealkylation sites (tertiary alicyclic amines) is 1. The van der Waals surface area contributed by atoms with Gasteiger partial charge >= 0.3 is 6.09 Å². The summed E-state index contributed by atoms with van der Waals surface area (Å²) in [7, 11) is 0. The topological polar surface area (TPSA) is 115 Å². The van der Waals surface area contributed by atoms with Crippen LogP contribution in [0.3, 0.4) is 0 Å². The molecular formula is C21H25N3O5. The Labute approximate surface area is 169 Å². The van der Waals surface area contributed by atoms with Crippen LogP contribution in [0.15, 0.2) is 47.1 Å². The largest absolute Gasteiger partial charge is 0.467 e. The number of carbonyl (C=O) groups excluding carboxylic acids is 3. The number of amides is 3. The first kappa shape index (κ1) is 20.4. The average Bonchev–Trinajstić information content (AvgIpc) is 3.18. The van der Waals surface area contributed by atoms with Gasteiger partial charge in [0.1, 0.15) is 11.8 Å². The van der Waals surface area contributed by atoms with Crippen molar-refractivity contribution in [3.8, 4) is 0 Å². The third-order valence-electron chi connectivity index (χ3n) is 4.55. The lowest BCUT2D eigenvalue weighted by Crippen LogP contribution is -2.62. The van der Waals surface area contributed by atoms with E-state index in [0.717, 1.165) is 5.56 Å². The fraction of sp³-hybridized carbons (Fsp3) is 0.381. The molecule has 8 nitrogen and oxygen atoms in total. The lowest BCUT2D eigenvalue weighted by molar-refractivity contribution is -0.170. The summed E-state index contributed by atoms with van der Waals surface area (Å²) >= 11 is 0. The monoisotopic (exact) mass is 399 g/mol. The normalized spacial score (nSPS) is 18.9. The molecule has 1 aliphatic rings. The van der Waals surface area contributed by atoms with Gasteiger partial charge in [-0.05, 0) is 35.2 Å². The molecule has 2 atom stereocenters. The van der Waals surface area contributed by atoms with Gasteiger partial charge in [-0.15, -0.1) is 0 Å². The first-order valence-corrected chi connectivity index (χ1v) is 9.33. The first-order valence-electron chi connectivity index (χ1n) is 9.33. The van der Waals surface area contributed by atoms with Crippen molar-refractivity contribution in [2.75, 3.05) is 6.54 Å². The molecule has 3 N–H and O–H groups in total. The maximum Gasteiger partial charge on any atom is 0.408 e. The minimum Gasteiger partial charge on any atom is -0.467 e. The molecule has 0 radical (unpaired) electrons. The van der Waals surface area contributed by atoms with Crippen molar-refractivity contribution in [1.29, 1.82) is 0 Å². The van der Waals surface area contributed by atoms with E-state index in [1.54, 1.807) is 41.3 Å². The Morgan fingerprint density at radius 2 is 1.90 bits per heavy atom. The molecule has 1 aromatic carbocycles. The minimum absolute atomic E-state index is 0.131. The van der Waals surface area contributed by atoms with E-state index in [1.165, 1.54) is 6.26 Å². The van der Waals surface area contributed by atoms with Crippen molar-refractivity contribution in [2.24, 2.45) is 11.1 Å². The fourth-order valence-electron chi connectivity index (χ4n) is 3.25. The number of ether oxygens (including phenoxy) is 1. The van der Waals surface area contributed by atoms with Crippen LogP contribution in [0.25, 0.3) is 0 Å². The molecule has 29 heavy (non-hydrogen) atoms. The van der Waals surface area contributed by atoms with Gasteiger partial charge in [0, 0.05) is 12.1 Å². The van der Waals surface area contributed by atoms with E-state index in [4.69, 9.17) is 14.9 Å². The van der Waals surface area contributed by atoms with E-state index in [2.05, 4.69) is 5.32 Å². The van der Waals surface area contributed by atoms with Crippen LogP contribution in [0.5, 0.6) is 0 Å². The number of rotatable bonds is 6. The average molecular weight is 399 g/mol. The van der Waals surface area contributed by atoms with Crippen LogP contribution in [0.4, 0.5) is 4.79 Å².